The summed E-state index contributed by atoms with van der Waals surface area (Å²) in [6.07, 6.45) is 2.71. The largest absolute Gasteiger partial charge is 0.465 e. The smallest absolute Gasteiger partial charge is 0.350 e. The molecule has 0 saturated heterocycles. The number of aryl methyl sites for hydroxylation is 1. The van der Waals surface area contributed by atoms with Crippen LogP contribution in [0.4, 0.5) is 0 Å². The van der Waals surface area contributed by atoms with Crippen LogP contribution in [0.25, 0.3) is 0 Å². The van der Waals surface area contributed by atoms with Crippen LogP contribution in [0.5, 0.6) is 0 Å². The van der Waals surface area contributed by atoms with E-state index in [9.17, 15) is 4.79 Å². The summed E-state index contributed by atoms with van der Waals surface area (Å²) in [6.45, 7) is 1.98. The van der Waals surface area contributed by atoms with Gasteiger partial charge in [0.2, 0.25) is 0 Å². The number of nitrogens with zero attached hydrogens (tertiary/aromatic N) is 1. The van der Waals surface area contributed by atoms with E-state index in [2.05, 4.69) is 9.72 Å². The van der Waals surface area contributed by atoms with Crippen LogP contribution in [0.3, 0.4) is 0 Å². The van der Waals surface area contributed by atoms with Gasteiger partial charge in [-0.3, -0.25) is 0 Å². The average Bonchev–Trinajstić information content (AvgIpc) is 2.59. The van der Waals surface area contributed by atoms with Crippen molar-refractivity contribution in [2.75, 3.05) is 13.4 Å². The van der Waals surface area contributed by atoms with Gasteiger partial charge in [0.25, 0.3) is 0 Å². The minimum Gasteiger partial charge on any atom is -0.465 e. The predicted molar refractivity (Wildman–Crippen MR) is 54.6 cm³/mol. The monoisotopic (exact) mass is 217 g/mol. The van der Waals surface area contributed by atoms with Gasteiger partial charge in [-0.1, -0.05) is 18.7 Å². The van der Waals surface area contributed by atoms with Crippen molar-refractivity contribution in [3.8, 4) is 0 Å². The summed E-state index contributed by atoms with van der Waals surface area (Å²) >= 11 is 2.94. The number of carbonyl (C=O) groups is 1. The van der Waals surface area contributed by atoms with Gasteiger partial charge in [-0.2, -0.15) is 0 Å². The molecular formula is C8H11NO2S2. The number of methoxy groups -OCH3 is 1. The lowest BCUT2D eigenvalue weighted by Gasteiger charge is -1.95. The molecule has 1 rings (SSSR count). The molecule has 0 atom stereocenters. The van der Waals surface area contributed by atoms with Gasteiger partial charge in [0.05, 0.1) is 12.8 Å². The lowest BCUT2D eigenvalue weighted by atomic mass is 10.3. The van der Waals surface area contributed by atoms with Crippen molar-refractivity contribution in [3.05, 3.63) is 10.6 Å². The fourth-order valence-corrected chi connectivity index (χ4v) is 2.50. The number of aromatic nitrogens is 1. The van der Waals surface area contributed by atoms with Crippen molar-refractivity contribution >= 4 is 29.1 Å². The minimum atomic E-state index is -0.283. The van der Waals surface area contributed by atoms with Gasteiger partial charge in [-0.05, 0) is 12.7 Å². The van der Waals surface area contributed by atoms with Crippen LogP contribution < -0.4 is 0 Å². The first kappa shape index (κ1) is 10.5. The number of rotatable bonds is 3. The summed E-state index contributed by atoms with van der Waals surface area (Å²) in [4.78, 5) is 16.2. The second kappa shape index (κ2) is 4.62. The van der Waals surface area contributed by atoms with Gasteiger partial charge in [0, 0.05) is 0 Å². The van der Waals surface area contributed by atoms with E-state index >= 15 is 0 Å². The summed E-state index contributed by atoms with van der Waals surface area (Å²) in [5.74, 6) is -0.283. The topological polar surface area (TPSA) is 39.2 Å². The first-order chi connectivity index (χ1) is 6.22. The highest BCUT2D eigenvalue weighted by Gasteiger charge is 2.16. The third-order valence-electron chi connectivity index (χ3n) is 1.56. The van der Waals surface area contributed by atoms with E-state index in [1.54, 1.807) is 11.8 Å². The van der Waals surface area contributed by atoms with Crippen LogP contribution in [0.1, 0.15) is 22.3 Å². The summed E-state index contributed by atoms with van der Waals surface area (Å²) in [5.41, 5.74) is 0.834. The molecule has 0 N–H and O–H groups in total. The number of thiazole rings is 1. The van der Waals surface area contributed by atoms with Gasteiger partial charge < -0.3 is 4.74 Å². The molecule has 0 aliphatic rings. The highest BCUT2D eigenvalue weighted by atomic mass is 32.2. The maximum atomic E-state index is 11.3. The van der Waals surface area contributed by atoms with E-state index in [1.165, 1.54) is 18.4 Å². The molecule has 0 aliphatic heterocycles. The van der Waals surface area contributed by atoms with E-state index in [4.69, 9.17) is 0 Å². The Balaban J connectivity index is 3.03. The van der Waals surface area contributed by atoms with Crippen LogP contribution in [0, 0.1) is 0 Å². The predicted octanol–water partition coefficient (Wildman–Crippen LogP) is 2.21. The van der Waals surface area contributed by atoms with E-state index in [-0.39, 0.29) is 5.97 Å². The van der Waals surface area contributed by atoms with Gasteiger partial charge in [-0.15, -0.1) is 11.3 Å². The van der Waals surface area contributed by atoms with Gasteiger partial charge in [-0.25, -0.2) is 9.78 Å². The molecule has 0 saturated carbocycles. The maximum absolute atomic E-state index is 11.3. The van der Waals surface area contributed by atoms with E-state index in [0.717, 1.165) is 16.5 Å². The lowest BCUT2D eigenvalue weighted by molar-refractivity contribution is 0.0605. The highest BCUT2D eigenvalue weighted by molar-refractivity contribution is 8.00. The zero-order valence-corrected chi connectivity index (χ0v) is 9.42. The van der Waals surface area contributed by atoms with Gasteiger partial charge in [0.15, 0.2) is 4.34 Å². The lowest BCUT2D eigenvalue weighted by Crippen LogP contribution is -2.01. The summed E-state index contributed by atoms with van der Waals surface area (Å²) in [6, 6.07) is 0. The minimum absolute atomic E-state index is 0.283. The average molecular weight is 217 g/mol. The van der Waals surface area contributed by atoms with Crippen molar-refractivity contribution < 1.29 is 9.53 Å². The Morgan fingerprint density at radius 3 is 2.85 bits per heavy atom. The Bertz CT molecular complexity index is 309. The molecule has 0 radical (unpaired) electrons. The molecule has 72 valence electrons. The molecule has 3 nitrogen and oxygen atoms in total. The fourth-order valence-electron chi connectivity index (χ4n) is 0.909. The van der Waals surface area contributed by atoms with Crippen molar-refractivity contribution in [2.24, 2.45) is 0 Å². The zero-order valence-electron chi connectivity index (χ0n) is 7.79. The first-order valence-electron chi connectivity index (χ1n) is 3.84. The van der Waals surface area contributed by atoms with Crippen LogP contribution in [-0.2, 0) is 11.2 Å². The van der Waals surface area contributed by atoms with Crippen molar-refractivity contribution in [2.45, 2.75) is 17.7 Å². The van der Waals surface area contributed by atoms with Crippen LogP contribution in [-0.4, -0.2) is 24.3 Å². The number of ether oxygens (including phenoxy) is 1. The molecule has 1 heterocycles. The molecule has 0 unspecified atom stereocenters. The third-order valence-corrected chi connectivity index (χ3v) is 3.62. The van der Waals surface area contributed by atoms with Crippen molar-refractivity contribution in [3.63, 3.8) is 0 Å². The van der Waals surface area contributed by atoms with E-state index in [1.807, 2.05) is 13.2 Å². The summed E-state index contributed by atoms with van der Waals surface area (Å²) in [7, 11) is 1.39. The number of thioether (sulfide) groups is 1. The van der Waals surface area contributed by atoms with E-state index in [0.29, 0.717) is 4.88 Å². The molecule has 0 aliphatic carbocycles. The molecule has 1 aromatic rings. The molecule has 0 amide bonds. The molecule has 1 aromatic heterocycles. The molecule has 0 bridgehead atoms. The number of esters is 1. The second-order valence-electron chi connectivity index (χ2n) is 2.30. The fraction of sp³-hybridized carbons (Fsp3) is 0.500. The molecule has 13 heavy (non-hydrogen) atoms. The number of hydrogen-bond acceptors (Lipinski definition) is 5. The summed E-state index contributed by atoms with van der Waals surface area (Å²) in [5, 5.41) is 0. The van der Waals surface area contributed by atoms with Gasteiger partial charge in [0.1, 0.15) is 4.88 Å². The zero-order chi connectivity index (χ0) is 9.84. The highest BCUT2D eigenvalue weighted by Crippen LogP contribution is 2.26. The SMILES string of the molecule is CCc1nc(SC)sc1C(=O)OC. The Morgan fingerprint density at radius 2 is 2.38 bits per heavy atom. The second-order valence-corrected chi connectivity index (χ2v) is 4.36. The van der Waals surface area contributed by atoms with Crippen LogP contribution in [0.2, 0.25) is 0 Å². The Labute approximate surface area is 85.5 Å². The first-order valence-corrected chi connectivity index (χ1v) is 5.89. The quantitative estimate of drug-likeness (QED) is 0.575. The van der Waals surface area contributed by atoms with Crippen LogP contribution >= 0.6 is 23.1 Å². The maximum Gasteiger partial charge on any atom is 0.350 e. The van der Waals surface area contributed by atoms with E-state index < -0.39 is 0 Å². The standard InChI is InChI=1S/C8H11NO2S2/c1-4-5-6(7(10)11-2)13-8(9-5)12-3/h4H2,1-3H3. The third kappa shape index (κ3) is 2.22. The number of hydrogen-bond donors (Lipinski definition) is 0. The Morgan fingerprint density at radius 1 is 1.69 bits per heavy atom. The number of carbonyl (C=O) groups excluding carboxylic acids is 1. The molecule has 0 fully saturated rings. The Hall–Kier alpha value is -0.550. The molecule has 5 heteroatoms. The molecule has 0 spiro atoms. The normalized spacial score (nSPS) is 10.1. The molecular weight excluding hydrogens is 206 g/mol. The summed E-state index contributed by atoms with van der Waals surface area (Å²) < 4.78 is 5.57. The van der Waals surface area contributed by atoms with Crippen molar-refractivity contribution in [1.82, 2.24) is 4.98 Å². The Kier molecular flexibility index (Phi) is 3.74. The van der Waals surface area contributed by atoms with Gasteiger partial charge >= 0.3 is 5.97 Å². The van der Waals surface area contributed by atoms with Crippen LogP contribution in [0.15, 0.2) is 4.34 Å². The molecule has 0 aromatic carbocycles. The van der Waals surface area contributed by atoms with Crippen molar-refractivity contribution in [1.29, 1.82) is 0 Å².